The van der Waals surface area contributed by atoms with Gasteiger partial charge in [0, 0.05) is 2.74 Å². The van der Waals surface area contributed by atoms with Gasteiger partial charge in [-0.15, -0.1) is 0 Å². The molecule has 0 amide bonds. The predicted octanol–water partition coefficient (Wildman–Crippen LogP) is 3.50. The van der Waals surface area contributed by atoms with Crippen molar-refractivity contribution >= 4 is 10.4 Å². The maximum Gasteiger partial charge on any atom is 0.397 e. The molecule has 25 heavy (non-hydrogen) atoms. The Morgan fingerprint density at radius 2 is 2.00 bits per heavy atom. The van der Waals surface area contributed by atoms with E-state index in [1.54, 1.807) is 6.92 Å². The summed E-state index contributed by atoms with van der Waals surface area (Å²) < 4.78 is 62.6. The van der Waals surface area contributed by atoms with Crippen molar-refractivity contribution in [3.05, 3.63) is 11.6 Å². The third-order valence-corrected chi connectivity index (χ3v) is 8.05. The summed E-state index contributed by atoms with van der Waals surface area (Å²) in [5.41, 5.74) is 0.260. The summed E-state index contributed by atoms with van der Waals surface area (Å²) in [7, 11) is -4.96. The summed E-state index contributed by atoms with van der Waals surface area (Å²) in [6, 6.07) is 0. The quantitative estimate of drug-likeness (QED) is 0.572. The van der Waals surface area contributed by atoms with Crippen molar-refractivity contribution in [1.82, 2.24) is 0 Å². The number of aliphatic hydroxyl groups excluding tert-OH is 1. The first-order valence-corrected chi connectivity index (χ1v) is 10.7. The maximum absolute atomic E-state index is 11.5. The van der Waals surface area contributed by atoms with Gasteiger partial charge in [-0.05, 0) is 79.9 Å². The number of rotatable bonds is 2. The topological polar surface area (TPSA) is 83.8 Å². The third-order valence-electron chi connectivity index (χ3n) is 7.67. The largest absolute Gasteiger partial charge is 0.397 e. The smallest absolute Gasteiger partial charge is 0.389 e. The molecule has 2 N–H and O–H groups in total. The molecule has 7 atom stereocenters. The molecule has 0 unspecified atom stereocenters. The molecule has 3 saturated carbocycles. The molecule has 6 heteroatoms. The van der Waals surface area contributed by atoms with Gasteiger partial charge in [-0.3, -0.25) is 4.55 Å². The van der Waals surface area contributed by atoms with Crippen LogP contribution >= 0.6 is 0 Å². The highest BCUT2D eigenvalue weighted by Crippen LogP contribution is 2.65. The molecule has 0 radical (unpaired) electrons. The Labute approximate surface area is 155 Å². The van der Waals surface area contributed by atoms with Gasteiger partial charge in [-0.2, -0.15) is 8.42 Å². The van der Waals surface area contributed by atoms with Gasteiger partial charge in [0.05, 0.1) is 13.6 Å². The lowest BCUT2D eigenvalue weighted by Crippen LogP contribution is -2.51. The normalized spacial score (nSPS) is 56.5. The second kappa shape index (κ2) is 5.78. The van der Waals surface area contributed by atoms with Crippen LogP contribution in [0.4, 0.5) is 0 Å². The van der Waals surface area contributed by atoms with Gasteiger partial charge in [-0.1, -0.05) is 25.5 Å². The highest BCUT2D eigenvalue weighted by Gasteiger charge is 2.59. The highest BCUT2D eigenvalue weighted by molar-refractivity contribution is 7.80. The Morgan fingerprint density at radius 3 is 2.72 bits per heavy atom. The van der Waals surface area contributed by atoms with Gasteiger partial charge in [0.25, 0.3) is 0 Å². The summed E-state index contributed by atoms with van der Waals surface area (Å²) >= 11 is 0. The van der Waals surface area contributed by atoms with E-state index >= 15 is 0 Å². The Morgan fingerprint density at radius 1 is 1.24 bits per heavy atom. The van der Waals surface area contributed by atoms with E-state index in [1.165, 1.54) is 5.57 Å². The molecule has 0 aromatic carbocycles. The van der Waals surface area contributed by atoms with Crippen LogP contribution in [0.1, 0.15) is 69.3 Å². The van der Waals surface area contributed by atoms with Crippen LogP contribution in [0.15, 0.2) is 11.6 Å². The lowest BCUT2D eigenvalue weighted by molar-refractivity contribution is -0.0706. The molecule has 3 fully saturated rings. The van der Waals surface area contributed by atoms with E-state index in [9.17, 15) is 18.1 Å². The molecule has 4 rings (SSSR count). The summed E-state index contributed by atoms with van der Waals surface area (Å²) in [5.74, 6) is 0.302. The van der Waals surface area contributed by atoms with Crippen molar-refractivity contribution in [2.45, 2.75) is 77.4 Å². The molecule has 0 heterocycles. The van der Waals surface area contributed by atoms with Crippen molar-refractivity contribution in [1.29, 1.82) is 0 Å². The number of hydrogen-bond acceptors (Lipinski definition) is 4. The zero-order valence-corrected chi connectivity index (χ0v) is 15.7. The lowest BCUT2D eigenvalue weighted by atomic mass is 9.47. The van der Waals surface area contributed by atoms with Crippen molar-refractivity contribution in [2.75, 3.05) is 0 Å². The predicted molar refractivity (Wildman–Crippen MR) is 94.1 cm³/mol. The van der Waals surface area contributed by atoms with Crippen LogP contribution in [0.3, 0.4) is 0 Å². The van der Waals surface area contributed by atoms with Crippen molar-refractivity contribution in [3.63, 3.8) is 0 Å². The fraction of sp³-hybridized carbons (Fsp3) is 0.895. The first-order chi connectivity index (χ1) is 12.7. The van der Waals surface area contributed by atoms with Gasteiger partial charge in [-0.25, -0.2) is 4.18 Å². The number of aliphatic hydroxyl groups is 1. The molecule has 4 aliphatic rings. The second-order valence-corrected chi connectivity index (χ2v) is 9.83. The monoisotopic (exact) mass is 373 g/mol. The first-order valence-electron chi connectivity index (χ1n) is 10.8. The third kappa shape index (κ3) is 2.80. The molecule has 0 aromatic rings. The average Bonchev–Trinajstić information content (AvgIpc) is 2.70. The van der Waals surface area contributed by atoms with E-state index < -0.39 is 34.4 Å². The van der Waals surface area contributed by atoms with Gasteiger partial charge in [0.1, 0.15) is 0 Å². The van der Waals surface area contributed by atoms with Crippen LogP contribution in [0.5, 0.6) is 0 Å². The molecule has 142 valence electrons. The molecule has 5 nitrogen and oxygen atoms in total. The number of allylic oxidation sites excluding steroid dienone is 1. The fourth-order valence-electron chi connectivity index (χ4n) is 6.32. The molecule has 0 aromatic heterocycles. The van der Waals surface area contributed by atoms with Crippen LogP contribution in [-0.4, -0.2) is 30.3 Å². The number of fused-ring (bicyclic) bond motifs is 5. The van der Waals surface area contributed by atoms with Crippen molar-refractivity contribution in [2.24, 2.45) is 28.6 Å². The van der Waals surface area contributed by atoms with Crippen LogP contribution in [0.2, 0.25) is 0 Å². The van der Waals surface area contributed by atoms with Crippen molar-refractivity contribution in [3.8, 4) is 0 Å². The maximum atomic E-state index is 11.5. The highest BCUT2D eigenvalue weighted by atomic mass is 32.3. The zero-order valence-electron chi connectivity index (χ0n) is 17.9. The van der Waals surface area contributed by atoms with Crippen LogP contribution in [-0.2, 0) is 14.6 Å². The van der Waals surface area contributed by atoms with E-state index in [1.807, 2.05) is 6.08 Å². The minimum Gasteiger partial charge on any atom is -0.389 e. The minimum absolute atomic E-state index is 0.0343. The summed E-state index contributed by atoms with van der Waals surface area (Å²) in [6.07, 6.45) is 1.67. The molecule has 4 aliphatic carbocycles. The molecule has 0 bridgehead atoms. The standard InChI is InChI=1S/C19H30O5S/c1-18-9-7-13(20)11-12(18)3-4-14-15-5-6-17(24-25(21,22)23)19(15,2)10-8-16(14)18/h11,13-17,20H,3-10H2,1-2H3,(H,21,22,23)/t13-,14+,15+,16+,17-,18+,19+/m1/s1/i6D2,17D. The molecular weight excluding hydrogens is 340 g/mol. The Balaban J connectivity index is 1.73. The Hall–Kier alpha value is -0.430. The summed E-state index contributed by atoms with van der Waals surface area (Å²) in [5, 5.41) is 10.0. The van der Waals surface area contributed by atoms with Gasteiger partial charge in [0.2, 0.25) is 0 Å². The summed E-state index contributed by atoms with van der Waals surface area (Å²) in [4.78, 5) is 0. The van der Waals surface area contributed by atoms with E-state index in [0.717, 1.165) is 32.1 Å². The molecule has 0 spiro atoms. The van der Waals surface area contributed by atoms with Crippen LogP contribution in [0.25, 0.3) is 0 Å². The first kappa shape index (κ1) is 14.6. The van der Waals surface area contributed by atoms with E-state index in [2.05, 4.69) is 6.92 Å². The van der Waals surface area contributed by atoms with E-state index in [0.29, 0.717) is 12.3 Å². The Kier molecular flexibility index (Phi) is 3.38. The van der Waals surface area contributed by atoms with Crippen LogP contribution < -0.4 is 0 Å². The van der Waals surface area contributed by atoms with Gasteiger partial charge < -0.3 is 5.11 Å². The SMILES string of the molecule is [2H]C1([2H])C[C@H]2[C@@H]3CCC4=C[C@H](O)CC[C@]4(C)[C@H]3CC[C@]2(C)[C@]1([2H])OS(=O)(=O)O. The molecule has 0 aliphatic heterocycles. The summed E-state index contributed by atoms with van der Waals surface area (Å²) in [6.45, 7) is 4.01. The second-order valence-electron chi connectivity index (χ2n) is 8.81. The zero-order chi connectivity index (χ0) is 20.8. The Bertz CT molecular complexity index is 814. The molecular formula is C19H30O5S. The van der Waals surface area contributed by atoms with Crippen molar-refractivity contribution < 1.29 is 26.4 Å². The van der Waals surface area contributed by atoms with Gasteiger partial charge in [0.15, 0.2) is 0 Å². The molecule has 0 saturated heterocycles. The number of hydrogen-bond donors (Lipinski definition) is 2. The van der Waals surface area contributed by atoms with E-state index in [-0.39, 0.29) is 23.7 Å². The lowest BCUT2D eigenvalue weighted by Gasteiger charge is -2.58. The van der Waals surface area contributed by atoms with Gasteiger partial charge >= 0.3 is 10.4 Å². The average molecular weight is 374 g/mol. The minimum atomic E-state index is -4.96. The fourth-order valence-corrected chi connectivity index (χ4v) is 6.78. The van der Waals surface area contributed by atoms with Crippen LogP contribution in [0, 0.1) is 28.6 Å². The van der Waals surface area contributed by atoms with E-state index in [4.69, 9.17) is 8.30 Å².